The Kier molecular flexibility index (Phi) is 5.48. The van der Waals surface area contributed by atoms with Crippen molar-refractivity contribution in [3.63, 3.8) is 0 Å². The van der Waals surface area contributed by atoms with E-state index in [4.69, 9.17) is 9.47 Å². The summed E-state index contributed by atoms with van der Waals surface area (Å²) in [5, 5.41) is 15.6. The van der Waals surface area contributed by atoms with Gasteiger partial charge in [-0.2, -0.15) is 0 Å². The fourth-order valence-electron chi connectivity index (χ4n) is 3.24. The Hall–Kier alpha value is -2.52. The normalized spacial score (nSPS) is 21.3. The Morgan fingerprint density at radius 3 is 2.73 bits per heavy atom. The topological polar surface area (TPSA) is 120 Å². The van der Waals surface area contributed by atoms with Gasteiger partial charge in [0.1, 0.15) is 6.10 Å². The fourth-order valence-corrected chi connectivity index (χ4v) is 3.24. The molecular formula is C17H21N3O6. The zero-order valence-corrected chi connectivity index (χ0v) is 14.2. The Balaban J connectivity index is 1.47. The molecule has 1 spiro atoms. The van der Waals surface area contributed by atoms with Crippen molar-refractivity contribution in [1.29, 1.82) is 0 Å². The lowest BCUT2D eigenvalue weighted by molar-refractivity contribution is -0.384. The third-order valence-electron chi connectivity index (χ3n) is 4.54. The molecule has 1 heterocycles. The first kappa shape index (κ1) is 18.3. The smallest absolute Gasteiger partial charge is 0.313 e. The van der Waals surface area contributed by atoms with E-state index in [1.807, 2.05) is 0 Å². The number of carbonyl (C=O) groups excluding carboxylic acids is 2. The molecule has 1 aliphatic heterocycles. The summed E-state index contributed by atoms with van der Waals surface area (Å²) in [6.07, 6.45) is 4.71. The Labute approximate surface area is 150 Å². The van der Waals surface area contributed by atoms with Crippen LogP contribution in [0.1, 0.15) is 32.1 Å². The summed E-state index contributed by atoms with van der Waals surface area (Å²) in [6, 6.07) is 5.39. The van der Waals surface area contributed by atoms with Gasteiger partial charge in [0, 0.05) is 37.2 Å². The molecule has 1 aliphatic carbocycles. The van der Waals surface area contributed by atoms with Crippen molar-refractivity contribution in [2.75, 3.05) is 18.5 Å². The lowest BCUT2D eigenvalue weighted by Gasteiger charge is -2.31. The average molecular weight is 363 g/mol. The molecule has 26 heavy (non-hydrogen) atoms. The number of benzene rings is 1. The number of anilines is 1. The van der Waals surface area contributed by atoms with E-state index < -0.39 is 22.5 Å². The molecule has 2 N–H and O–H groups in total. The highest BCUT2D eigenvalue weighted by Crippen LogP contribution is 2.37. The second kappa shape index (κ2) is 7.79. The van der Waals surface area contributed by atoms with Crippen LogP contribution in [-0.2, 0) is 19.1 Å². The van der Waals surface area contributed by atoms with Crippen LogP contribution < -0.4 is 10.6 Å². The number of nitrogens with one attached hydrogen (secondary N) is 2. The molecule has 140 valence electrons. The minimum Gasteiger partial charge on any atom is -0.347 e. The number of ether oxygens (including phenoxy) is 2. The maximum absolute atomic E-state index is 11.9. The van der Waals surface area contributed by atoms with Gasteiger partial charge in [0.25, 0.3) is 5.69 Å². The van der Waals surface area contributed by atoms with Gasteiger partial charge in [-0.15, -0.1) is 0 Å². The average Bonchev–Trinajstić information content (AvgIpc) is 3.02. The lowest BCUT2D eigenvalue weighted by Crippen LogP contribution is -2.41. The van der Waals surface area contributed by atoms with E-state index in [2.05, 4.69) is 10.6 Å². The summed E-state index contributed by atoms with van der Waals surface area (Å²) in [5.74, 6) is -2.25. The second-order valence-electron chi connectivity index (χ2n) is 6.49. The quantitative estimate of drug-likeness (QED) is 0.477. The number of nitro benzene ring substituents is 1. The number of nitrogens with zero attached hydrogens (tertiary/aromatic N) is 1. The summed E-state index contributed by atoms with van der Waals surface area (Å²) >= 11 is 0. The molecule has 0 unspecified atom stereocenters. The minimum absolute atomic E-state index is 0.169. The number of amides is 2. The molecule has 1 atom stereocenters. The first-order valence-electron chi connectivity index (χ1n) is 8.63. The first-order chi connectivity index (χ1) is 12.5. The van der Waals surface area contributed by atoms with E-state index in [1.165, 1.54) is 30.7 Å². The Morgan fingerprint density at radius 1 is 1.23 bits per heavy atom. The molecule has 3 rings (SSSR count). The van der Waals surface area contributed by atoms with Crippen molar-refractivity contribution in [3.8, 4) is 0 Å². The largest absolute Gasteiger partial charge is 0.347 e. The maximum atomic E-state index is 11.9. The number of hydrogen-bond donors (Lipinski definition) is 2. The summed E-state index contributed by atoms with van der Waals surface area (Å²) in [4.78, 5) is 34.0. The van der Waals surface area contributed by atoms with Gasteiger partial charge in [-0.3, -0.25) is 19.7 Å². The lowest BCUT2D eigenvalue weighted by atomic mass is 9.94. The predicted octanol–water partition coefficient (Wildman–Crippen LogP) is 1.73. The summed E-state index contributed by atoms with van der Waals surface area (Å²) in [7, 11) is 0. The molecule has 0 radical (unpaired) electrons. The molecule has 1 saturated carbocycles. The molecule has 2 amide bonds. The van der Waals surface area contributed by atoms with E-state index in [9.17, 15) is 19.7 Å². The Morgan fingerprint density at radius 2 is 2.00 bits per heavy atom. The molecule has 1 saturated heterocycles. The van der Waals surface area contributed by atoms with Crippen molar-refractivity contribution in [2.24, 2.45) is 0 Å². The Bertz CT molecular complexity index is 701. The van der Waals surface area contributed by atoms with Gasteiger partial charge in [0.15, 0.2) is 5.79 Å². The number of non-ortho nitro benzene ring substituents is 1. The second-order valence-corrected chi connectivity index (χ2v) is 6.49. The first-order valence-corrected chi connectivity index (χ1v) is 8.63. The van der Waals surface area contributed by atoms with Gasteiger partial charge in [0.05, 0.1) is 11.5 Å². The SMILES string of the molecule is O=C(NC[C@H]1COC2(CCCCC2)O1)C(=O)Nc1cccc([N+](=O)[O-])c1. The van der Waals surface area contributed by atoms with Crippen LogP contribution >= 0.6 is 0 Å². The molecule has 1 aromatic rings. The number of hydrogen-bond acceptors (Lipinski definition) is 6. The monoisotopic (exact) mass is 363 g/mol. The van der Waals surface area contributed by atoms with Gasteiger partial charge in [-0.1, -0.05) is 12.5 Å². The summed E-state index contributed by atoms with van der Waals surface area (Å²) in [6.45, 7) is 0.551. The summed E-state index contributed by atoms with van der Waals surface area (Å²) in [5.41, 5.74) is 0.0125. The molecule has 2 fully saturated rings. The van der Waals surface area contributed by atoms with Gasteiger partial charge >= 0.3 is 11.8 Å². The van der Waals surface area contributed by atoms with Crippen LogP contribution in [0.4, 0.5) is 11.4 Å². The van der Waals surface area contributed by atoms with Crippen LogP contribution in [0.15, 0.2) is 24.3 Å². The standard InChI is InChI=1S/C17H21N3O6/c21-15(16(22)19-12-5-4-6-13(9-12)20(23)24)18-10-14-11-25-17(26-14)7-2-1-3-8-17/h4-6,9,14H,1-3,7-8,10-11H2,(H,18,21)(H,19,22)/t14-/m0/s1. The third-order valence-corrected chi connectivity index (χ3v) is 4.54. The van der Waals surface area contributed by atoms with Gasteiger partial charge in [-0.25, -0.2) is 0 Å². The van der Waals surface area contributed by atoms with Crippen LogP contribution in [0.25, 0.3) is 0 Å². The highest BCUT2D eigenvalue weighted by atomic mass is 16.7. The zero-order valence-electron chi connectivity index (χ0n) is 14.2. The van der Waals surface area contributed by atoms with Crippen LogP contribution in [0.3, 0.4) is 0 Å². The number of rotatable bonds is 4. The van der Waals surface area contributed by atoms with Crippen LogP contribution in [0.5, 0.6) is 0 Å². The third kappa shape index (κ3) is 4.36. The van der Waals surface area contributed by atoms with Crippen LogP contribution in [-0.4, -0.2) is 41.8 Å². The molecular weight excluding hydrogens is 342 g/mol. The molecule has 0 bridgehead atoms. The zero-order chi connectivity index (χ0) is 18.6. The predicted molar refractivity (Wildman–Crippen MR) is 91.4 cm³/mol. The molecule has 1 aromatic carbocycles. The molecule has 9 nitrogen and oxygen atoms in total. The van der Waals surface area contributed by atoms with E-state index >= 15 is 0 Å². The van der Waals surface area contributed by atoms with Crippen LogP contribution in [0, 0.1) is 10.1 Å². The maximum Gasteiger partial charge on any atom is 0.313 e. The van der Waals surface area contributed by atoms with E-state index in [0.29, 0.717) is 6.61 Å². The van der Waals surface area contributed by atoms with Crippen LogP contribution in [0.2, 0.25) is 0 Å². The van der Waals surface area contributed by atoms with Crippen molar-refractivity contribution in [3.05, 3.63) is 34.4 Å². The van der Waals surface area contributed by atoms with Gasteiger partial charge < -0.3 is 20.1 Å². The van der Waals surface area contributed by atoms with E-state index in [0.717, 1.165) is 25.7 Å². The fraction of sp³-hybridized carbons (Fsp3) is 0.529. The van der Waals surface area contributed by atoms with Gasteiger partial charge in [-0.05, 0) is 18.9 Å². The summed E-state index contributed by atoms with van der Waals surface area (Å²) < 4.78 is 11.7. The number of carbonyl (C=O) groups is 2. The highest BCUT2D eigenvalue weighted by molar-refractivity contribution is 6.39. The molecule has 2 aliphatic rings. The number of nitro groups is 1. The van der Waals surface area contributed by atoms with Crippen molar-refractivity contribution >= 4 is 23.2 Å². The molecule has 0 aromatic heterocycles. The van der Waals surface area contributed by atoms with E-state index in [-0.39, 0.29) is 24.0 Å². The van der Waals surface area contributed by atoms with Crippen molar-refractivity contribution in [2.45, 2.75) is 44.0 Å². The van der Waals surface area contributed by atoms with Crippen molar-refractivity contribution < 1.29 is 24.0 Å². The minimum atomic E-state index is -0.892. The molecule has 9 heteroatoms. The van der Waals surface area contributed by atoms with Gasteiger partial charge in [0.2, 0.25) is 0 Å². The van der Waals surface area contributed by atoms with E-state index in [1.54, 1.807) is 0 Å². The highest BCUT2D eigenvalue weighted by Gasteiger charge is 2.42. The van der Waals surface area contributed by atoms with Crippen molar-refractivity contribution in [1.82, 2.24) is 5.32 Å².